The van der Waals surface area contributed by atoms with Crippen LogP contribution in [0.1, 0.15) is 116 Å². The standard InChI is InChI=1S/C20H40O2.H3O4P/c1-2-4-6-8-10-12-14-16-18-20-22-21-19-17-15-13-11-9-7-5-3-1;1-5(2,3)4/h1-20H2;(H3,1,2,3,4). The van der Waals surface area contributed by atoms with Crippen molar-refractivity contribution >= 4 is 7.82 Å². The Balaban J connectivity index is 0.00000119. The van der Waals surface area contributed by atoms with Gasteiger partial charge in [0.2, 0.25) is 0 Å². The molecule has 164 valence electrons. The van der Waals surface area contributed by atoms with Crippen molar-refractivity contribution in [3.05, 3.63) is 0 Å². The summed E-state index contributed by atoms with van der Waals surface area (Å²) in [5.74, 6) is 0. The molecule has 3 N–H and O–H groups in total. The summed E-state index contributed by atoms with van der Waals surface area (Å²) in [5, 5.41) is 0. The molecule has 0 radical (unpaired) electrons. The van der Waals surface area contributed by atoms with Gasteiger partial charge >= 0.3 is 7.82 Å². The van der Waals surface area contributed by atoms with E-state index in [1.165, 1.54) is 103 Å². The first-order valence-corrected chi connectivity index (χ1v) is 12.6. The van der Waals surface area contributed by atoms with E-state index in [4.69, 9.17) is 29.0 Å². The quantitative estimate of drug-likeness (QED) is 0.333. The molecule has 27 heavy (non-hydrogen) atoms. The molecule has 0 aromatic heterocycles. The summed E-state index contributed by atoms with van der Waals surface area (Å²) in [6.07, 6.45) is 25.0. The number of phosphoric acid groups is 1. The Labute approximate surface area is 166 Å². The Hall–Kier alpha value is 0.0300. The monoisotopic (exact) mass is 410 g/mol. The van der Waals surface area contributed by atoms with E-state index >= 15 is 0 Å². The third kappa shape index (κ3) is 31.0. The van der Waals surface area contributed by atoms with Crippen molar-refractivity contribution in [1.82, 2.24) is 0 Å². The molecular formula is C20H43O6P. The van der Waals surface area contributed by atoms with Gasteiger partial charge in [0, 0.05) is 0 Å². The highest BCUT2D eigenvalue weighted by atomic mass is 31.2. The summed E-state index contributed by atoms with van der Waals surface area (Å²) in [5.41, 5.74) is 0. The van der Waals surface area contributed by atoms with Crippen LogP contribution in [0.3, 0.4) is 0 Å². The van der Waals surface area contributed by atoms with Crippen LogP contribution in [0, 0.1) is 0 Å². The fourth-order valence-electron chi connectivity index (χ4n) is 3.27. The molecule has 0 amide bonds. The van der Waals surface area contributed by atoms with Gasteiger partial charge in [0.25, 0.3) is 0 Å². The lowest BCUT2D eigenvalue weighted by atomic mass is 10.0. The first-order chi connectivity index (χ1) is 13.0. The molecule has 0 atom stereocenters. The highest BCUT2D eigenvalue weighted by Gasteiger charge is 2.00. The van der Waals surface area contributed by atoms with E-state index in [0.29, 0.717) is 0 Å². The molecule has 1 rings (SSSR count). The largest absolute Gasteiger partial charge is 0.466 e. The van der Waals surface area contributed by atoms with Crippen LogP contribution in [0.25, 0.3) is 0 Å². The van der Waals surface area contributed by atoms with Crippen LogP contribution >= 0.6 is 7.82 Å². The lowest BCUT2D eigenvalue weighted by molar-refractivity contribution is -0.295. The van der Waals surface area contributed by atoms with Crippen molar-refractivity contribution in [2.75, 3.05) is 13.2 Å². The Morgan fingerprint density at radius 3 is 0.741 bits per heavy atom. The third-order valence-corrected chi connectivity index (χ3v) is 4.79. The molecule has 0 aliphatic carbocycles. The zero-order valence-corrected chi connectivity index (χ0v) is 18.1. The molecule has 6 nitrogen and oxygen atoms in total. The smallest absolute Gasteiger partial charge is 0.303 e. The predicted octanol–water partition coefficient (Wildman–Crippen LogP) is 6.04. The molecule has 1 heterocycles. The lowest BCUT2D eigenvalue weighted by Crippen LogP contribution is -1.99. The van der Waals surface area contributed by atoms with E-state index < -0.39 is 7.82 Å². The Morgan fingerprint density at radius 2 is 0.556 bits per heavy atom. The Bertz CT molecular complexity index is 228. The van der Waals surface area contributed by atoms with Crippen LogP contribution in [0.15, 0.2) is 0 Å². The second kappa shape index (κ2) is 20.8. The fourth-order valence-corrected chi connectivity index (χ4v) is 3.27. The first kappa shape index (κ1) is 27.0. The highest BCUT2D eigenvalue weighted by molar-refractivity contribution is 7.45. The van der Waals surface area contributed by atoms with Crippen LogP contribution < -0.4 is 0 Å². The van der Waals surface area contributed by atoms with E-state index in [2.05, 4.69) is 0 Å². The predicted molar refractivity (Wildman–Crippen MR) is 109 cm³/mol. The minimum Gasteiger partial charge on any atom is -0.303 e. The van der Waals surface area contributed by atoms with Crippen molar-refractivity contribution in [2.45, 2.75) is 116 Å². The second-order valence-electron chi connectivity index (χ2n) is 7.52. The summed E-state index contributed by atoms with van der Waals surface area (Å²) in [6.45, 7) is 1.56. The SMILES string of the molecule is C1CCCCCCCCCCOOCCCCCCCCC1.O=P(O)(O)O. The first-order valence-electron chi connectivity index (χ1n) is 11.0. The van der Waals surface area contributed by atoms with Gasteiger partial charge in [0.15, 0.2) is 0 Å². The zero-order valence-electron chi connectivity index (χ0n) is 17.2. The zero-order chi connectivity index (χ0) is 20.1. The van der Waals surface area contributed by atoms with Gasteiger partial charge in [-0.15, -0.1) is 0 Å². The molecular weight excluding hydrogens is 367 g/mol. The van der Waals surface area contributed by atoms with Crippen LogP contribution in [0.4, 0.5) is 0 Å². The van der Waals surface area contributed by atoms with Crippen LogP contribution in [0.5, 0.6) is 0 Å². The molecule has 1 saturated heterocycles. The molecule has 0 spiro atoms. The topological polar surface area (TPSA) is 96.2 Å². The normalized spacial score (nSPS) is 21.7. The van der Waals surface area contributed by atoms with Crippen molar-refractivity contribution in [2.24, 2.45) is 0 Å². The minimum atomic E-state index is -4.64. The molecule has 0 unspecified atom stereocenters. The summed E-state index contributed by atoms with van der Waals surface area (Å²) >= 11 is 0. The summed E-state index contributed by atoms with van der Waals surface area (Å²) in [6, 6.07) is 0. The van der Waals surface area contributed by atoms with E-state index in [9.17, 15) is 0 Å². The summed E-state index contributed by atoms with van der Waals surface area (Å²) in [4.78, 5) is 32.1. The van der Waals surface area contributed by atoms with Crippen LogP contribution in [-0.4, -0.2) is 27.9 Å². The Morgan fingerprint density at radius 1 is 0.407 bits per heavy atom. The van der Waals surface area contributed by atoms with Gasteiger partial charge in [0.1, 0.15) is 0 Å². The lowest BCUT2D eigenvalue weighted by Gasteiger charge is -2.06. The molecule has 0 saturated carbocycles. The van der Waals surface area contributed by atoms with Crippen molar-refractivity contribution < 1.29 is 29.0 Å². The number of hydrogen-bond donors (Lipinski definition) is 3. The maximum absolute atomic E-state index is 8.88. The molecule has 7 heteroatoms. The minimum absolute atomic E-state index is 0.778. The number of rotatable bonds is 0. The van der Waals surface area contributed by atoms with Gasteiger partial charge < -0.3 is 14.7 Å². The highest BCUT2D eigenvalue weighted by Crippen LogP contribution is 2.25. The van der Waals surface area contributed by atoms with E-state index in [0.717, 1.165) is 26.1 Å². The molecule has 0 aromatic rings. The molecule has 0 aromatic carbocycles. The average molecular weight is 411 g/mol. The van der Waals surface area contributed by atoms with E-state index in [1.54, 1.807) is 0 Å². The van der Waals surface area contributed by atoms with E-state index in [-0.39, 0.29) is 0 Å². The van der Waals surface area contributed by atoms with Gasteiger partial charge in [-0.25, -0.2) is 14.3 Å². The van der Waals surface area contributed by atoms with Gasteiger partial charge in [-0.1, -0.05) is 103 Å². The van der Waals surface area contributed by atoms with Gasteiger partial charge in [-0.2, -0.15) is 0 Å². The number of hydrogen-bond acceptors (Lipinski definition) is 3. The molecule has 0 bridgehead atoms. The van der Waals surface area contributed by atoms with Gasteiger partial charge in [-0.05, 0) is 12.8 Å². The average Bonchev–Trinajstić information content (AvgIpc) is 2.59. The maximum Gasteiger partial charge on any atom is 0.466 e. The van der Waals surface area contributed by atoms with Crippen molar-refractivity contribution in [3.8, 4) is 0 Å². The Kier molecular flexibility index (Phi) is 20.8. The molecule has 1 aliphatic rings. The summed E-state index contributed by atoms with van der Waals surface area (Å²) < 4.78 is 8.88. The molecule has 1 aliphatic heterocycles. The molecule has 1 fully saturated rings. The van der Waals surface area contributed by atoms with Crippen LogP contribution in [0.2, 0.25) is 0 Å². The van der Waals surface area contributed by atoms with Crippen LogP contribution in [-0.2, 0) is 14.3 Å². The van der Waals surface area contributed by atoms with Crippen molar-refractivity contribution in [1.29, 1.82) is 0 Å². The maximum atomic E-state index is 8.88. The van der Waals surface area contributed by atoms with Gasteiger partial charge in [-0.3, -0.25) is 0 Å². The summed E-state index contributed by atoms with van der Waals surface area (Å²) in [7, 11) is -4.64. The van der Waals surface area contributed by atoms with E-state index in [1.807, 2.05) is 0 Å². The second-order valence-corrected chi connectivity index (χ2v) is 8.55. The fraction of sp³-hybridized carbons (Fsp3) is 1.00. The van der Waals surface area contributed by atoms with Gasteiger partial charge in [0.05, 0.1) is 13.2 Å². The van der Waals surface area contributed by atoms with Crippen molar-refractivity contribution in [3.63, 3.8) is 0 Å². The third-order valence-electron chi connectivity index (χ3n) is 4.79.